The Morgan fingerprint density at radius 3 is 2.84 bits per heavy atom. The molecule has 3 heteroatoms. The van der Waals surface area contributed by atoms with Gasteiger partial charge in [-0.15, -0.1) is 0 Å². The van der Waals surface area contributed by atoms with E-state index in [1.807, 2.05) is 6.92 Å². The monoisotopic (exact) mass is 266 g/mol. The van der Waals surface area contributed by atoms with Crippen LogP contribution in [0.4, 0.5) is 4.39 Å². The summed E-state index contributed by atoms with van der Waals surface area (Å²) in [5.74, 6) is -0.316. The molecule has 0 aliphatic carbocycles. The number of halogens is 1. The highest BCUT2D eigenvalue weighted by molar-refractivity contribution is 5.24. The SMILES string of the molecule is CCC(O)(CCCC1CCCO1)c1ccccc1F. The molecule has 0 amide bonds. The minimum absolute atomic E-state index is 0.316. The van der Waals surface area contributed by atoms with Gasteiger partial charge in [-0.25, -0.2) is 4.39 Å². The van der Waals surface area contributed by atoms with Gasteiger partial charge in [0.15, 0.2) is 0 Å². The van der Waals surface area contributed by atoms with E-state index in [2.05, 4.69) is 0 Å². The molecule has 1 N–H and O–H groups in total. The van der Waals surface area contributed by atoms with Gasteiger partial charge in [-0.3, -0.25) is 0 Å². The Labute approximate surface area is 114 Å². The highest BCUT2D eigenvalue weighted by atomic mass is 19.1. The summed E-state index contributed by atoms with van der Waals surface area (Å²) in [7, 11) is 0. The third kappa shape index (κ3) is 3.54. The van der Waals surface area contributed by atoms with Crippen molar-refractivity contribution < 1.29 is 14.2 Å². The number of benzene rings is 1. The van der Waals surface area contributed by atoms with E-state index >= 15 is 0 Å². The second kappa shape index (κ2) is 6.49. The van der Waals surface area contributed by atoms with Gasteiger partial charge < -0.3 is 9.84 Å². The van der Waals surface area contributed by atoms with E-state index < -0.39 is 5.60 Å². The highest BCUT2D eigenvalue weighted by Gasteiger charge is 2.30. The first-order valence-electron chi connectivity index (χ1n) is 7.25. The molecule has 1 heterocycles. The van der Waals surface area contributed by atoms with Gasteiger partial charge in [0.05, 0.1) is 11.7 Å². The first-order valence-corrected chi connectivity index (χ1v) is 7.25. The van der Waals surface area contributed by atoms with Crippen LogP contribution in [0.15, 0.2) is 24.3 Å². The van der Waals surface area contributed by atoms with Crippen molar-refractivity contribution in [3.05, 3.63) is 35.6 Å². The van der Waals surface area contributed by atoms with Crippen molar-refractivity contribution in [1.29, 1.82) is 0 Å². The molecule has 1 aromatic carbocycles. The molecule has 1 fully saturated rings. The zero-order valence-electron chi connectivity index (χ0n) is 11.6. The van der Waals surface area contributed by atoms with Crippen molar-refractivity contribution in [3.63, 3.8) is 0 Å². The Kier molecular flexibility index (Phi) is 4.94. The molecule has 1 saturated heterocycles. The third-order valence-corrected chi connectivity index (χ3v) is 4.10. The molecule has 2 unspecified atom stereocenters. The molecular weight excluding hydrogens is 243 g/mol. The summed E-state index contributed by atoms with van der Waals surface area (Å²) < 4.78 is 19.4. The number of hydrogen-bond donors (Lipinski definition) is 1. The van der Waals surface area contributed by atoms with Crippen LogP contribution in [0, 0.1) is 5.82 Å². The molecule has 1 aromatic rings. The van der Waals surface area contributed by atoms with Crippen molar-refractivity contribution in [2.45, 2.75) is 57.2 Å². The van der Waals surface area contributed by atoms with Gasteiger partial charge in [0.2, 0.25) is 0 Å². The van der Waals surface area contributed by atoms with E-state index in [0.29, 0.717) is 24.5 Å². The van der Waals surface area contributed by atoms with Crippen molar-refractivity contribution in [3.8, 4) is 0 Å². The molecule has 19 heavy (non-hydrogen) atoms. The van der Waals surface area contributed by atoms with Gasteiger partial charge in [0, 0.05) is 12.2 Å². The lowest BCUT2D eigenvalue weighted by molar-refractivity contribution is 0.0124. The average Bonchev–Trinajstić information content (AvgIpc) is 2.92. The van der Waals surface area contributed by atoms with Gasteiger partial charge in [0.1, 0.15) is 5.82 Å². The Bertz CT molecular complexity index is 401. The van der Waals surface area contributed by atoms with Crippen LogP contribution in [-0.2, 0) is 10.3 Å². The highest BCUT2D eigenvalue weighted by Crippen LogP contribution is 2.33. The summed E-state index contributed by atoms with van der Waals surface area (Å²) in [5, 5.41) is 10.7. The second-order valence-corrected chi connectivity index (χ2v) is 5.39. The number of hydrogen-bond acceptors (Lipinski definition) is 2. The molecule has 0 radical (unpaired) electrons. The predicted molar refractivity (Wildman–Crippen MR) is 73.4 cm³/mol. The average molecular weight is 266 g/mol. The van der Waals surface area contributed by atoms with E-state index in [4.69, 9.17) is 4.74 Å². The van der Waals surface area contributed by atoms with Crippen LogP contribution in [0.3, 0.4) is 0 Å². The Balaban J connectivity index is 1.95. The van der Waals surface area contributed by atoms with E-state index in [0.717, 1.165) is 32.3 Å². The molecule has 1 aliphatic heterocycles. The molecule has 1 aliphatic rings. The summed E-state index contributed by atoms with van der Waals surface area (Å²) in [5.41, 5.74) is -0.630. The van der Waals surface area contributed by atoms with Crippen LogP contribution in [0.1, 0.15) is 51.0 Å². The Hall–Kier alpha value is -0.930. The number of rotatable bonds is 6. The molecule has 0 spiro atoms. The van der Waals surface area contributed by atoms with Crippen molar-refractivity contribution in [1.82, 2.24) is 0 Å². The van der Waals surface area contributed by atoms with E-state index in [-0.39, 0.29) is 5.82 Å². The van der Waals surface area contributed by atoms with Gasteiger partial charge in [-0.05, 0) is 44.6 Å². The topological polar surface area (TPSA) is 29.5 Å². The summed E-state index contributed by atoms with van der Waals surface area (Å²) in [4.78, 5) is 0. The van der Waals surface area contributed by atoms with Crippen LogP contribution >= 0.6 is 0 Å². The maximum absolute atomic E-state index is 13.8. The molecule has 106 valence electrons. The summed E-state index contributed by atoms with van der Waals surface area (Å²) in [6.07, 6.45) is 5.52. The summed E-state index contributed by atoms with van der Waals surface area (Å²) in [6.45, 7) is 2.76. The number of ether oxygens (including phenoxy) is 1. The Morgan fingerprint density at radius 1 is 1.42 bits per heavy atom. The largest absolute Gasteiger partial charge is 0.385 e. The van der Waals surface area contributed by atoms with E-state index in [1.165, 1.54) is 6.07 Å². The minimum atomic E-state index is -1.05. The smallest absolute Gasteiger partial charge is 0.129 e. The first kappa shape index (κ1) is 14.5. The van der Waals surface area contributed by atoms with Gasteiger partial charge in [0.25, 0.3) is 0 Å². The fraction of sp³-hybridized carbons (Fsp3) is 0.625. The standard InChI is InChI=1S/C16H23FO2/c1-2-16(18,14-9-3-4-10-15(14)17)11-5-7-13-8-6-12-19-13/h3-4,9-10,13,18H,2,5-8,11-12H2,1H3. The lowest BCUT2D eigenvalue weighted by Gasteiger charge is -2.28. The van der Waals surface area contributed by atoms with Crippen LogP contribution in [-0.4, -0.2) is 17.8 Å². The maximum atomic E-state index is 13.8. The molecule has 0 aromatic heterocycles. The lowest BCUT2D eigenvalue weighted by atomic mass is 9.85. The van der Waals surface area contributed by atoms with Crippen LogP contribution in [0.25, 0.3) is 0 Å². The molecule has 2 nitrogen and oxygen atoms in total. The summed E-state index contributed by atoms with van der Waals surface area (Å²) >= 11 is 0. The van der Waals surface area contributed by atoms with Gasteiger partial charge >= 0.3 is 0 Å². The second-order valence-electron chi connectivity index (χ2n) is 5.39. The molecule has 0 saturated carbocycles. The maximum Gasteiger partial charge on any atom is 0.129 e. The molecular formula is C16H23FO2. The zero-order chi connectivity index (χ0) is 13.7. The molecule has 2 atom stereocenters. The third-order valence-electron chi connectivity index (χ3n) is 4.10. The fourth-order valence-electron chi connectivity index (χ4n) is 2.83. The molecule has 0 bridgehead atoms. The first-order chi connectivity index (χ1) is 9.15. The van der Waals surface area contributed by atoms with Crippen LogP contribution in [0.2, 0.25) is 0 Å². The molecule has 2 rings (SSSR count). The van der Waals surface area contributed by atoms with Gasteiger partial charge in [-0.2, -0.15) is 0 Å². The quantitative estimate of drug-likeness (QED) is 0.849. The van der Waals surface area contributed by atoms with Crippen molar-refractivity contribution in [2.75, 3.05) is 6.61 Å². The van der Waals surface area contributed by atoms with Gasteiger partial charge in [-0.1, -0.05) is 25.1 Å². The fourth-order valence-corrected chi connectivity index (χ4v) is 2.83. The lowest BCUT2D eigenvalue weighted by Crippen LogP contribution is -2.26. The normalized spacial score (nSPS) is 22.4. The summed E-state index contributed by atoms with van der Waals surface area (Å²) in [6, 6.07) is 6.53. The Morgan fingerprint density at radius 2 is 2.21 bits per heavy atom. The van der Waals surface area contributed by atoms with E-state index in [1.54, 1.807) is 18.2 Å². The zero-order valence-corrected chi connectivity index (χ0v) is 11.6. The van der Waals surface area contributed by atoms with Crippen LogP contribution in [0.5, 0.6) is 0 Å². The van der Waals surface area contributed by atoms with Crippen molar-refractivity contribution in [2.24, 2.45) is 0 Å². The number of aliphatic hydroxyl groups is 1. The van der Waals surface area contributed by atoms with Crippen molar-refractivity contribution >= 4 is 0 Å². The predicted octanol–water partition coefficient (Wildman–Crippen LogP) is 3.77. The van der Waals surface area contributed by atoms with E-state index in [9.17, 15) is 9.50 Å². The minimum Gasteiger partial charge on any atom is -0.385 e. The van der Waals surface area contributed by atoms with Crippen LogP contribution < -0.4 is 0 Å².